The first-order chi connectivity index (χ1) is 12.0. The van der Waals surface area contributed by atoms with Gasteiger partial charge in [0, 0.05) is 16.1 Å². The van der Waals surface area contributed by atoms with E-state index in [0.717, 1.165) is 0 Å². The van der Waals surface area contributed by atoms with Crippen LogP contribution in [0.5, 0.6) is 0 Å². The van der Waals surface area contributed by atoms with Crippen LogP contribution in [0.1, 0.15) is 34.8 Å². The van der Waals surface area contributed by atoms with Crippen molar-refractivity contribution in [3.8, 4) is 0 Å². The Bertz CT molecular complexity index is 768. The zero-order valence-corrected chi connectivity index (χ0v) is 14.4. The molecule has 0 amide bonds. The molecule has 2 aromatic carbocycles. The molecule has 0 radical (unpaired) electrons. The molecule has 2 aromatic rings. The summed E-state index contributed by atoms with van der Waals surface area (Å²) in [5.41, 5.74) is 1.64. The molecular weight excluding hydrogens is 344 g/mol. The molecular formula is C19H17ClO5. The van der Waals surface area contributed by atoms with Gasteiger partial charge in [-0.05, 0) is 42.8 Å². The van der Waals surface area contributed by atoms with E-state index in [0.29, 0.717) is 21.7 Å². The third-order valence-electron chi connectivity index (χ3n) is 3.29. The van der Waals surface area contributed by atoms with Gasteiger partial charge in [0.2, 0.25) is 0 Å². The number of hydrogen-bond donors (Lipinski definition) is 0. The van der Waals surface area contributed by atoms with Gasteiger partial charge in [0.25, 0.3) is 0 Å². The van der Waals surface area contributed by atoms with Gasteiger partial charge in [0.15, 0.2) is 5.78 Å². The van der Waals surface area contributed by atoms with Crippen LogP contribution in [0.25, 0.3) is 0 Å². The maximum Gasteiger partial charge on any atom is 0.317 e. The lowest BCUT2D eigenvalue weighted by molar-refractivity contribution is -0.155. The average molecular weight is 361 g/mol. The molecule has 0 atom stereocenters. The highest BCUT2D eigenvalue weighted by molar-refractivity contribution is 6.30. The largest absolute Gasteiger partial charge is 0.466 e. The minimum absolute atomic E-state index is 0.0278. The van der Waals surface area contributed by atoms with Gasteiger partial charge in [-0.1, -0.05) is 29.8 Å². The Hall–Kier alpha value is -2.66. The number of rotatable bonds is 7. The smallest absolute Gasteiger partial charge is 0.317 e. The highest BCUT2D eigenvalue weighted by Gasteiger charge is 2.13. The third-order valence-corrected chi connectivity index (χ3v) is 3.54. The van der Waals surface area contributed by atoms with Crippen LogP contribution in [-0.4, -0.2) is 24.3 Å². The zero-order valence-electron chi connectivity index (χ0n) is 13.7. The molecule has 0 saturated carbocycles. The van der Waals surface area contributed by atoms with Crippen molar-refractivity contribution in [3.05, 3.63) is 70.2 Å². The Kier molecular flexibility index (Phi) is 6.71. The summed E-state index contributed by atoms with van der Waals surface area (Å²) in [6.45, 7) is 1.84. The molecule has 0 spiro atoms. The second-order valence-corrected chi connectivity index (χ2v) is 5.62. The fourth-order valence-electron chi connectivity index (χ4n) is 2.12. The van der Waals surface area contributed by atoms with E-state index in [1.807, 2.05) is 0 Å². The summed E-state index contributed by atoms with van der Waals surface area (Å²) < 4.78 is 9.71. The maximum atomic E-state index is 12.5. The molecule has 0 N–H and O–H groups in total. The number of halogens is 1. The van der Waals surface area contributed by atoms with Crippen LogP contribution in [-0.2, 0) is 25.7 Å². The molecule has 0 aliphatic rings. The van der Waals surface area contributed by atoms with E-state index < -0.39 is 18.4 Å². The normalized spacial score (nSPS) is 10.2. The third kappa shape index (κ3) is 5.72. The Balaban J connectivity index is 1.99. The fraction of sp³-hybridized carbons (Fsp3) is 0.211. The molecule has 130 valence electrons. The van der Waals surface area contributed by atoms with Crippen molar-refractivity contribution in [2.45, 2.75) is 20.0 Å². The number of benzene rings is 2. The highest BCUT2D eigenvalue weighted by Crippen LogP contribution is 2.15. The summed E-state index contributed by atoms with van der Waals surface area (Å²) >= 11 is 5.82. The molecule has 2 rings (SSSR count). The van der Waals surface area contributed by atoms with Crippen molar-refractivity contribution in [1.82, 2.24) is 0 Å². The summed E-state index contributed by atoms with van der Waals surface area (Å²) in [4.78, 5) is 35.2. The van der Waals surface area contributed by atoms with Gasteiger partial charge < -0.3 is 9.47 Å². The predicted molar refractivity (Wildman–Crippen MR) is 92.4 cm³/mol. The SMILES string of the molecule is CCOC(=O)CC(=O)OCc1cccc(C(=O)c2ccc(Cl)cc2)c1. The molecule has 25 heavy (non-hydrogen) atoms. The van der Waals surface area contributed by atoms with Gasteiger partial charge in [-0.25, -0.2) is 0 Å². The molecule has 6 heteroatoms. The first kappa shape index (κ1) is 18.7. The minimum atomic E-state index is -0.673. The van der Waals surface area contributed by atoms with Crippen LogP contribution < -0.4 is 0 Å². The molecule has 0 heterocycles. The molecule has 0 bridgehead atoms. The van der Waals surface area contributed by atoms with Crippen molar-refractivity contribution < 1.29 is 23.9 Å². The summed E-state index contributed by atoms with van der Waals surface area (Å²) in [6.07, 6.45) is -0.433. The lowest BCUT2D eigenvalue weighted by Gasteiger charge is -2.07. The van der Waals surface area contributed by atoms with Crippen LogP contribution in [0, 0.1) is 0 Å². The molecule has 0 aliphatic heterocycles. The standard InChI is InChI=1S/C19H17ClO5/c1-2-24-17(21)11-18(22)25-12-13-4-3-5-15(10-13)19(23)14-6-8-16(20)9-7-14/h3-10H,2,11-12H2,1H3. The lowest BCUT2D eigenvalue weighted by Crippen LogP contribution is -2.13. The van der Waals surface area contributed by atoms with E-state index in [9.17, 15) is 14.4 Å². The van der Waals surface area contributed by atoms with Crippen LogP contribution in [0.3, 0.4) is 0 Å². The second kappa shape index (κ2) is 8.99. The molecule has 0 aliphatic carbocycles. The Labute approximate surface area is 150 Å². The fourth-order valence-corrected chi connectivity index (χ4v) is 2.24. The minimum Gasteiger partial charge on any atom is -0.466 e. The van der Waals surface area contributed by atoms with E-state index in [-0.39, 0.29) is 19.0 Å². The number of ether oxygens (including phenoxy) is 2. The van der Waals surface area contributed by atoms with Crippen LogP contribution in [0.15, 0.2) is 48.5 Å². The molecule has 0 aromatic heterocycles. The topological polar surface area (TPSA) is 69.7 Å². The van der Waals surface area contributed by atoms with Gasteiger partial charge in [-0.15, -0.1) is 0 Å². The number of ketones is 1. The van der Waals surface area contributed by atoms with Crippen molar-refractivity contribution in [3.63, 3.8) is 0 Å². The number of esters is 2. The Morgan fingerprint density at radius 1 is 0.920 bits per heavy atom. The monoisotopic (exact) mass is 360 g/mol. The van der Waals surface area contributed by atoms with E-state index >= 15 is 0 Å². The van der Waals surface area contributed by atoms with E-state index in [2.05, 4.69) is 4.74 Å². The summed E-state index contributed by atoms with van der Waals surface area (Å²) in [7, 11) is 0. The molecule has 0 fully saturated rings. The van der Waals surface area contributed by atoms with E-state index in [1.165, 1.54) is 0 Å². The highest BCUT2D eigenvalue weighted by atomic mass is 35.5. The summed E-state index contributed by atoms with van der Waals surface area (Å²) in [5.74, 6) is -1.46. The molecule has 5 nitrogen and oxygen atoms in total. The van der Waals surface area contributed by atoms with Gasteiger partial charge in [0.05, 0.1) is 6.61 Å². The van der Waals surface area contributed by atoms with Gasteiger partial charge in [-0.2, -0.15) is 0 Å². The number of hydrogen-bond acceptors (Lipinski definition) is 5. The molecule has 0 unspecified atom stereocenters. The first-order valence-electron chi connectivity index (χ1n) is 7.70. The summed E-state index contributed by atoms with van der Waals surface area (Å²) in [5, 5.41) is 0.554. The van der Waals surface area contributed by atoms with Crippen molar-refractivity contribution in [1.29, 1.82) is 0 Å². The molecule has 0 saturated heterocycles. The lowest BCUT2D eigenvalue weighted by atomic mass is 10.0. The number of carbonyl (C=O) groups is 3. The summed E-state index contributed by atoms with van der Waals surface area (Å²) in [6, 6.07) is 13.4. The van der Waals surface area contributed by atoms with E-state index in [4.69, 9.17) is 16.3 Å². The Morgan fingerprint density at radius 3 is 2.28 bits per heavy atom. The van der Waals surface area contributed by atoms with Crippen LogP contribution in [0.2, 0.25) is 5.02 Å². The van der Waals surface area contributed by atoms with Gasteiger partial charge in [-0.3, -0.25) is 14.4 Å². The predicted octanol–water partition coefficient (Wildman–Crippen LogP) is 3.57. The maximum absolute atomic E-state index is 12.5. The van der Waals surface area contributed by atoms with Crippen LogP contribution in [0.4, 0.5) is 0 Å². The number of carbonyl (C=O) groups excluding carboxylic acids is 3. The second-order valence-electron chi connectivity index (χ2n) is 5.18. The van der Waals surface area contributed by atoms with Gasteiger partial charge in [0.1, 0.15) is 13.0 Å². The first-order valence-corrected chi connectivity index (χ1v) is 8.08. The van der Waals surface area contributed by atoms with Crippen molar-refractivity contribution in [2.75, 3.05) is 6.61 Å². The zero-order chi connectivity index (χ0) is 18.2. The Morgan fingerprint density at radius 2 is 1.60 bits per heavy atom. The van der Waals surface area contributed by atoms with Gasteiger partial charge >= 0.3 is 11.9 Å². The average Bonchev–Trinajstić information content (AvgIpc) is 2.60. The van der Waals surface area contributed by atoms with Crippen molar-refractivity contribution in [2.24, 2.45) is 0 Å². The van der Waals surface area contributed by atoms with Crippen LogP contribution >= 0.6 is 11.6 Å². The van der Waals surface area contributed by atoms with E-state index in [1.54, 1.807) is 55.5 Å². The van der Waals surface area contributed by atoms with Crippen molar-refractivity contribution >= 4 is 29.3 Å². The quantitative estimate of drug-likeness (QED) is 0.429.